The number of hydrogen-bond donors (Lipinski definition) is 1. The number of rotatable bonds is 4. The minimum Gasteiger partial charge on any atom is -0.444 e. The predicted octanol–water partition coefficient (Wildman–Crippen LogP) is 3.67. The molecule has 0 saturated heterocycles. The molecule has 0 aromatic heterocycles. The van der Waals surface area contributed by atoms with Crippen molar-refractivity contribution in [3.05, 3.63) is 23.8 Å². The second kappa shape index (κ2) is 7.32. The van der Waals surface area contributed by atoms with E-state index in [0.717, 1.165) is 31.6 Å². The number of benzene rings is 1. The standard InChI is InChI=1S/C19H31N3O2/c1-14(2)22(18(23)24-19(3,4)5)12-11-21-10-6-7-15-13-16(20)8-9-17(15)21/h8-9,13-14H,6-7,10-12,20H2,1-5H3. The first-order valence-electron chi connectivity index (χ1n) is 8.80. The number of ether oxygens (including phenoxy) is 1. The molecule has 0 spiro atoms. The van der Waals surface area contributed by atoms with Crippen molar-refractivity contribution < 1.29 is 9.53 Å². The summed E-state index contributed by atoms with van der Waals surface area (Å²) in [4.78, 5) is 16.6. The van der Waals surface area contributed by atoms with Crippen LogP contribution >= 0.6 is 0 Å². The average Bonchev–Trinajstić information content (AvgIpc) is 2.44. The Kier molecular flexibility index (Phi) is 5.62. The number of carbonyl (C=O) groups excluding carboxylic acids is 1. The van der Waals surface area contributed by atoms with Crippen LogP contribution in [0.25, 0.3) is 0 Å². The third kappa shape index (κ3) is 4.79. The summed E-state index contributed by atoms with van der Waals surface area (Å²) in [7, 11) is 0. The lowest BCUT2D eigenvalue weighted by atomic mass is 10.0. The highest BCUT2D eigenvalue weighted by molar-refractivity contribution is 5.68. The molecule has 0 bridgehead atoms. The van der Waals surface area contributed by atoms with Crippen molar-refractivity contribution in [1.82, 2.24) is 4.90 Å². The summed E-state index contributed by atoms with van der Waals surface area (Å²) in [6.45, 7) is 12.2. The Balaban J connectivity index is 2.04. The van der Waals surface area contributed by atoms with Crippen LogP contribution in [0.5, 0.6) is 0 Å². The summed E-state index contributed by atoms with van der Waals surface area (Å²) in [6, 6.07) is 6.22. The van der Waals surface area contributed by atoms with E-state index in [2.05, 4.69) is 17.0 Å². The maximum atomic E-state index is 12.4. The smallest absolute Gasteiger partial charge is 0.410 e. The Morgan fingerprint density at radius 1 is 1.38 bits per heavy atom. The average molecular weight is 333 g/mol. The zero-order valence-electron chi connectivity index (χ0n) is 15.6. The van der Waals surface area contributed by atoms with E-state index in [1.807, 2.05) is 40.7 Å². The molecule has 1 aromatic carbocycles. The van der Waals surface area contributed by atoms with Crippen molar-refractivity contribution in [1.29, 1.82) is 0 Å². The summed E-state index contributed by atoms with van der Waals surface area (Å²) >= 11 is 0. The van der Waals surface area contributed by atoms with Gasteiger partial charge in [0.15, 0.2) is 0 Å². The third-order valence-corrected chi connectivity index (χ3v) is 4.18. The summed E-state index contributed by atoms with van der Waals surface area (Å²) < 4.78 is 5.54. The first-order chi connectivity index (χ1) is 11.2. The normalized spacial score (nSPS) is 14.5. The molecule has 5 heteroatoms. The van der Waals surface area contributed by atoms with Crippen molar-refractivity contribution in [2.75, 3.05) is 30.3 Å². The molecule has 1 amide bonds. The van der Waals surface area contributed by atoms with Crippen LogP contribution < -0.4 is 10.6 Å². The summed E-state index contributed by atoms with van der Waals surface area (Å²) in [6.07, 6.45) is 1.94. The monoisotopic (exact) mass is 333 g/mol. The first-order valence-corrected chi connectivity index (χ1v) is 8.80. The minimum absolute atomic E-state index is 0.107. The van der Waals surface area contributed by atoms with Crippen LogP contribution in [0.15, 0.2) is 18.2 Å². The molecular weight excluding hydrogens is 302 g/mol. The highest BCUT2D eigenvalue weighted by Crippen LogP contribution is 2.28. The molecule has 0 aliphatic carbocycles. The molecule has 0 radical (unpaired) electrons. The van der Waals surface area contributed by atoms with Crippen molar-refractivity contribution in [2.45, 2.75) is 59.1 Å². The van der Waals surface area contributed by atoms with Crippen molar-refractivity contribution in [3.8, 4) is 0 Å². The number of anilines is 2. The van der Waals surface area contributed by atoms with E-state index < -0.39 is 5.60 Å². The Bertz CT molecular complexity index is 578. The van der Waals surface area contributed by atoms with E-state index >= 15 is 0 Å². The molecular formula is C19H31N3O2. The fourth-order valence-electron chi connectivity index (χ4n) is 3.04. The van der Waals surface area contributed by atoms with Gasteiger partial charge in [-0.25, -0.2) is 4.79 Å². The molecule has 1 aliphatic rings. The third-order valence-electron chi connectivity index (χ3n) is 4.18. The molecule has 134 valence electrons. The fourth-order valence-corrected chi connectivity index (χ4v) is 3.04. The quantitative estimate of drug-likeness (QED) is 0.854. The van der Waals surface area contributed by atoms with Crippen LogP contribution in [0.2, 0.25) is 0 Å². The lowest BCUT2D eigenvalue weighted by molar-refractivity contribution is 0.0197. The molecule has 5 nitrogen and oxygen atoms in total. The van der Waals surface area contributed by atoms with Crippen molar-refractivity contribution in [3.63, 3.8) is 0 Å². The van der Waals surface area contributed by atoms with E-state index in [9.17, 15) is 4.79 Å². The Morgan fingerprint density at radius 3 is 2.71 bits per heavy atom. The number of aryl methyl sites for hydroxylation is 1. The van der Waals surface area contributed by atoms with Crippen LogP contribution in [0, 0.1) is 0 Å². The van der Waals surface area contributed by atoms with Gasteiger partial charge in [-0.05, 0) is 71.2 Å². The molecule has 0 fully saturated rings. The molecule has 2 N–H and O–H groups in total. The molecule has 0 atom stereocenters. The van der Waals surface area contributed by atoms with Crippen LogP contribution in [-0.2, 0) is 11.2 Å². The molecule has 24 heavy (non-hydrogen) atoms. The number of hydrogen-bond acceptors (Lipinski definition) is 4. The Morgan fingerprint density at radius 2 is 2.08 bits per heavy atom. The Hall–Kier alpha value is -1.91. The lowest BCUT2D eigenvalue weighted by Gasteiger charge is -2.35. The summed E-state index contributed by atoms with van der Waals surface area (Å²) in [5.74, 6) is 0. The molecule has 2 rings (SSSR count). The van der Waals surface area contributed by atoms with E-state index in [0.29, 0.717) is 6.54 Å². The van der Waals surface area contributed by atoms with Gasteiger partial charge in [0.05, 0.1) is 0 Å². The topological polar surface area (TPSA) is 58.8 Å². The van der Waals surface area contributed by atoms with Gasteiger partial charge in [-0.2, -0.15) is 0 Å². The number of fused-ring (bicyclic) bond motifs is 1. The molecule has 0 unspecified atom stereocenters. The van der Waals surface area contributed by atoms with Gasteiger partial charge in [0.2, 0.25) is 0 Å². The van der Waals surface area contributed by atoms with Gasteiger partial charge in [-0.15, -0.1) is 0 Å². The molecule has 0 saturated carbocycles. The predicted molar refractivity (Wildman–Crippen MR) is 99.5 cm³/mol. The van der Waals surface area contributed by atoms with Gasteiger partial charge in [0.1, 0.15) is 5.60 Å². The van der Waals surface area contributed by atoms with Crippen molar-refractivity contribution >= 4 is 17.5 Å². The second-order valence-electron chi connectivity index (χ2n) is 7.75. The summed E-state index contributed by atoms with van der Waals surface area (Å²) in [5.41, 5.74) is 8.78. The molecule has 1 aliphatic heterocycles. The van der Waals surface area contributed by atoms with E-state index in [1.165, 1.54) is 11.3 Å². The van der Waals surface area contributed by atoms with E-state index in [1.54, 1.807) is 4.90 Å². The number of nitrogens with two attached hydrogens (primary N) is 1. The van der Waals surface area contributed by atoms with Crippen LogP contribution in [0.4, 0.5) is 16.2 Å². The maximum Gasteiger partial charge on any atom is 0.410 e. The number of amides is 1. The van der Waals surface area contributed by atoms with E-state index in [4.69, 9.17) is 10.5 Å². The SMILES string of the molecule is CC(C)N(CCN1CCCc2cc(N)ccc21)C(=O)OC(C)(C)C. The van der Waals surface area contributed by atoms with Gasteiger partial charge < -0.3 is 20.3 Å². The number of nitrogens with zero attached hydrogens (tertiary/aromatic N) is 2. The zero-order valence-corrected chi connectivity index (χ0v) is 15.6. The van der Waals surface area contributed by atoms with Gasteiger partial charge in [0.25, 0.3) is 0 Å². The number of carbonyl (C=O) groups is 1. The van der Waals surface area contributed by atoms with Crippen LogP contribution in [0.3, 0.4) is 0 Å². The molecule has 1 heterocycles. The van der Waals surface area contributed by atoms with E-state index in [-0.39, 0.29) is 12.1 Å². The molecule has 1 aromatic rings. The number of nitrogen functional groups attached to an aromatic ring is 1. The maximum absolute atomic E-state index is 12.4. The second-order valence-corrected chi connectivity index (χ2v) is 7.75. The van der Waals surface area contributed by atoms with Gasteiger partial charge in [-0.1, -0.05) is 0 Å². The largest absolute Gasteiger partial charge is 0.444 e. The fraction of sp³-hybridized carbons (Fsp3) is 0.632. The summed E-state index contributed by atoms with van der Waals surface area (Å²) in [5, 5.41) is 0. The van der Waals surface area contributed by atoms with Crippen LogP contribution in [0.1, 0.15) is 46.6 Å². The Labute approximate surface area is 145 Å². The van der Waals surface area contributed by atoms with Gasteiger partial charge in [0, 0.05) is 37.1 Å². The first kappa shape index (κ1) is 18.4. The van der Waals surface area contributed by atoms with Crippen molar-refractivity contribution in [2.24, 2.45) is 0 Å². The highest BCUT2D eigenvalue weighted by atomic mass is 16.6. The lowest BCUT2D eigenvalue weighted by Crippen LogP contribution is -2.45. The highest BCUT2D eigenvalue weighted by Gasteiger charge is 2.25. The van der Waals surface area contributed by atoms with Crippen LogP contribution in [-0.4, -0.2) is 42.3 Å². The minimum atomic E-state index is -0.473. The van der Waals surface area contributed by atoms with Gasteiger partial charge in [-0.3, -0.25) is 0 Å². The van der Waals surface area contributed by atoms with Gasteiger partial charge >= 0.3 is 6.09 Å². The zero-order chi connectivity index (χ0) is 17.9.